The second-order valence-corrected chi connectivity index (χ2v) is 4.59. The Morgan fingerprint density at radius 3 is 2.58 bits per heavy atom. The van der Waals surface area contributed by atoms with Crippen molar-refractivity contribution in [2.24, 2.45) is 0 Å². The number of aromatic nitrogens is 2. The van der Waals surface area contributed by atoms with Crippen LogP contribution in [-0.4, -0.2) is 20.9 Å². The Bertz CT molecular complexity index is 570. The molecule has 0 saturated heterocycles. The van der Waals surface area contributed by atoms with Crippen molar-refractivity contribution in [2.45, 2.75) is 33.2 Å². The van der Waals surface area contributed by atoms with Crippen LogP contribution in [0.15, 0.2) is 30.5 Å². The van der Waals surface area contributed by atoms with Gasteiger partial charge in [-0.3, -0.25) is 9.48 Å². The molecule has 4 nitrogen and oxygen atoms in total. The summed E-state index contributed by atoms with van der Waals surface area (Å²) in [4.78, 5) is 10.6. The molecule has 0 atom stereocenters. The van der Waals surface area contributed by atoms with Crippen molar-refractivity contribution >= 4 is 5.97 Å². The van der Waals surface area contributed by atoms with Crippen LogP contribution in [0.4, 0.5) is 0 Å². The normalized spacial score (nSPS) is 10.6. The predicted molar refractivity (Wildman–Crippen MR) is 74.0 cm³/mol. The van der Waals surface area contributed by atoms with Gasteiger partial charge in [-0.2, -0.15) is 5.10 Å². The molecule has 19 heavy (non-hydrogen) atoms. The van der Waals surface area contributed by atoms with Crippen molar-refractivity contribution in [1.29, 1.82) is 0 Å². The maximum absolute atomic E-state index is 10.6. The zero-order valence-electron chi connectivity index (χ0n) is 11.3. The van der Waals surface area contributed by atoms with Crippen molar-refractivity contribution in [3.05, 3.63) is 41.7 Å². The van der Waals surface area contributed by atoms with E-state index in [1.165, 1.54) is 5.56 Å². The molecule has 2 aromatic rings. The van der Waals surface area contributed by atoms with E-state index in [9.17, 15) is 4.79 Å². The number of hydrogen-bond acceptors (Lipinski definition) is 2. The van der Waals surface area contributed by atoms with E-state index >= 15 is 0 Å². The quantitative estimate of drug-likeness (QED) is 0.897. The lowest BCUT2D eigenvalue weighted by atomic mass is 10.0. The van der Waals surface area contributed by atoms with E-state index in [2.05, 4.69) is 36.3 Å². The SMILES string of the molecule is CCc1ccc(-c2cn(CCC(=O)O)nc2C)cc1. The highest BCUT2D eigenvalue weighted by Gasteiger charge is 2.08. The lowest BCUT2D eigenvalue weighted by Crippen LogP contribution is -2.04. The molecule has 1 N–H and O–H groups in total. The minimum atomic E-state index is -0.804. The Morgan fingerprint density at radius 2 is 2.00 bits per heavy atom. The minimum absolute atomic E-state index is 0.0926. The van der Waals surface area contributed by atoms with Crippen LogP contribution in [0, 0.1) is 6.92 Å². The van der Waals surface area contributed by atoms with Gasteiger partial charge in [0, 0.05) is 11.8 Å². The fraction of sp³-hybridized carbons (Fsp3) is 0.333. The largest absolute Gasteiger partial charge is 0.481 e. The standard InChI is InChI=1S/C15H18N2O2/c1-3-12-4-6-13(7-5-12)14-10-17(16-11(14)2)9-8-15(18)19/h4-7,10H,3,8-9H2,1-2H3,(H,18,19). The Morgan fingerprint density at radius 1 is 1.32 bits per heavy atom. The first-order valence-electron chi connectivity index (χ1n) is 6.45. The molecule has 0 amide bonds. The molecule has 2 rings (SSSR count). The van der Waals surface area contributed by atoms with E-state index in [1.54, 1.807) is 4.68 Å². The lowest BCUT2D eigenvalue weighted by molar-refractivity contribution is -0.137. The van der Waals surface area contributed by atoms with Gasteiger partial charge < -0.3 is 5.11 Å². The fourth-order valence-corrected chi connectivity index (χ4v) is 2.05. The van der Waals surface area contributed by atoms with Gasteiger partial charge in [0.2, 0.25) is 0 Å². The highest BCUT2D eigenvalue weighted by atomic mass is 16.4. The van der Waals surface area contributed by atoms with E-state index in [1.807, 2.05) is 13.1 Å². The predicted octanol–water partition coefficient (Wildman–Crippen LogP) is 2.90. The van der Waals surface area contributed by atoms with E-state index < -0.39 is 5.97 Å². The summed E-state index contributed by atoms with van der Waals surface area (Å²) in [7, 11) is 0. The number of aliphatic carboxylic acids is 1. The molecular formula is C15H18N2O2. The third-order valence-electron chi connectivity index (χ3n) is 3.17. The molecule has 4 heteroatoms. The van der Waals surface area contributed by atoms with Gasteiger partial charge >= 0.3 is 5.97 Å². The van der Waals surface area contributed by atoms with Gasteiger partial charge in [-0.25, -0.2) is 0 Å². The Balaban J connectivity index is 2.21. The van der Waals surface area contributed by atoms with Gasteiger partial charge in [0.05, 0.1) is 18.7 Å². The van der Waals surface area contributed by atoms with E-state index in [-0.39, 0.29) is 6.42 Å². The molecule has 100 valence electrons. The molecule has 0 aliphatic heterocycles. The fourth-order valence-electron chi connectivity index (χ4n) is 2.05. The number of rotatable bonds is 5. The van der Waals surface area contributed by atoms with Crippen LogP contribution in [0.2, 0.25) is 0 Å². The summed E-state index contributed by atoms with van der Waals surface area (Å²) < 4.78 is 1.70. The Labute approximate surface area is 112 Å². The second-order valence-electron chi connectivity index (χ2n) is 4.59. The van der Waals surface area contributed by atoms with Gasteiger partial charge in [0.25, 0.3) is 0 Å². The smallest absolute Gasteiger partial charge is 0.305 e. The zero-order valence-corrected chi connectivity index (χ0v) is 11.3. The molecule has 0 fully saturated rings. The molecule has 0 bridgehead atoms. The highest BCUT2D eigenvalue weighted by molar-refractivity contribution is 5.67. The molecule has 1 heterocycles. The topological polar surface area (TPSA) is 55.1 Å². The van der Waals surface area contributed by atoms with Crippen molar-refractivity contribution < 1.29 is 9.90 Å². The van der Waals surface area contributed by atoms with E-state index in [0.29, 0.717) is 6.54 Å². The summed E-state index contributed by atoms with van der Waals surface area (Å²) in [6, 6.07) is 8.40. The molecule has 1 aromatic heterocycles. The number of nitrogens with zero attached hydrogens (tertiary/aromatic N) is 2. The first-order valence-corrected chi connectivity index (χ1v) is 6.45. The van der Waals surface area contributed by atoms with Crippen LogP contribution >= 0.6 is 0 Å². The summed E-state index contributed by atoms with van der Waals surface area (Å²) >= 11 is 0. The van der Waals surface area contributed by atoms with Crippen LogP contribution < -0.4 is 0 Å². The number of carboxylic acid groups (broad SMARTS) is 1. The van der Waals surface area contributed by atoms with Gasteiger partial charge in [0.1, 0.15) is 0 Å². The number of benzene rings is 1. The van der Waals surface area contributed by atoms with Crippen LogP contribution in [0.1, 0.15) is 24.6 Å². The third kappa shape index (κ3) is 3.22. The van der Waals surface area contributed by atoms with Crippen LogP contribution in [-0.2, 0) is 17.8 Å². The summed E-state index contributed by atoms with van der Waals surface area (Å²) in [5, 5.41) is 13.0. The molecular weight excluding hydrogens is 240 g/mol. The zero-order chi connectivity index (χ0) is 13.8. The van der Waals surface area contributed by atoms with Gasteiger partial charge in [0.15, 0.2) is 0 Å². The lowest BCUT2D eigenvalue weighted by Gasteiger charge is -2.01. The number of aryl methyl sites for hydroxylation is 3. The Kier molecular flexibility index (Phi) is 4.00. The van der Waals surface area contributed by atoms with Crippen LogP contribution in [0.3, 0.4) is 0 Å². The van der Waals surface area contributed by atoms with Crippen molar-refractivity contribution in [1.82, 2.24) is 9.78 Å². The molecule has 1 aromatic carbocycles. The second kappa shape index (κ2) is 5.69. The minimum Gasteiger partial charge on any atom is -0.481 e. The van der Waals surface area contributed by atoms with E-state index in [4.69, 9.17) is 5.11 Å². The maximum atomic E-state index is 10.6. The number of hydrogen-bond donors (Lipinski definition) is 1. The molecule has 0 radical (unpaired) electrons. The molecule has 0 aliphatic carbocycles. The highest BCUT2D eigenvalue weighted by Crippen LogP contribution is 2.23. The van der Waals surface area contributed by atoms with E-state index in [0.717, 1.165) is 23.2 Å². The summed E-state index contributed by atoms with van der Waals surface area (Å²) in [6.45, 7) is 4.48. The van der Waals surface area contributed by atoms with Crippen LogP contribution in [0.5, 0.6) is 0 Å². The summed E-state index contributed by atoms with van der Waals surface area (Å²) in [6.07, 6.45) is 3.03. The average molecular weight is 258 g/mol. The maximum Gasteiger partial charge on any atom is 0.305 e. The van der Waals surface area contributed by atoms with Crippen molar-refractivity contribution in [3.8, 4) is 11.1 Å². The van der Waals surface area contributed by atoms with Gasteiger partial charge in [-0.05, 0) is 24.5 Å². The van der Waals surface area contributed by atoms with Gasteiger partial charge in [-0.1, -0.05) is 31.2 Å². The van der Waals surface area contributed by atoms with Crippen molar-refractivity contribution in [2.75, 3.05) is 0 Å². The molecule has 0 aliphatic rings. The van der Waals surface area contributed by atoms with Crippen LogP contribution in [0.25, 0.3) is 11.1 Å². The monoisotopic (exact) mass is 258 g/mol. The summed E-state index contributed by atoms with van der Waals surface area (Å²) in [5.41, 5.74) is 4.42. The molecule has 0 spiro atoms. The summed E-state index contributed by atoms with van der Waals surface area (Å²) in [5.74, 6) is -0.804. The average Bonchev–Trinajstić information content (AvgIpc) is 2.78. The third-order valence-corrected chi connectivity index (χ3v) is 3.17. The van der Waals surface area contributed by atoms with Gasteiger partial charge in [-0.15, -0.1) is 0 Å². The first-order chi connectivity index (χ1) is 9.10. The number of carboxylic acids is 1. The van der Waals surface area contributed by atoms with Crippen molar-refractivity contribution in [3.63, 3.8) is 0 Å². The molecule has 0 unspecified atom stereocenters. The molecule has 0 saturated carbocycles. The first kappa shape index (κ1) is 13.3. The number of carbonyl (C=O) groups is 1. The Hall–Kier alpha value is -2.10.